The zero-order valence-corrected chi connectivity index (χ0v) is 11.4. The van der Waals surface area contributed by atoms with Gasteiger partial charge in [0.1, 0.15) is 6.04 Å². The monoisotopic (exact) mass is 284 g/mol. The lowest BCUT2D eigenvalue weighted by Crippen LogP contribution is -2.18. The molecular formula is C16H16N2O3. The third-order valence-electron chi connectivity index (χ3n) is 3.30. The number of hydrogen-bond donors (Lipinski definition) is 2. The molecule has 0 bridgehead atoms. The molecule has 0 fully saturated rings. The number of nitroso groups, excluding NO2 is 1. The van der Waals surface area contributed by atoms with Gasteiger partial charge in [0, 0.05) is 6.42 Å². The topological polar surface area (TPSA) is 78.8 Å². The van der Waals surface area contributed by atoms with E-state index in [1.54, 1.807) is 5.48 Å². The van der Waals surface area contributed by atoms with Gasteiger partial charge in [0.15, 0.2) is 0 Å². The summed E-state index contributed by atoms with van der Waals surface area (Å²) in [5, 5.41) is 11.5. The summed E-state index contributed by atoms with van der Waals surface area (Å²) in [6.45, 7) is 0. The zero-order chi connectivity index (χ0) is 15.1. The number of rotatable bonds is 6. The molecule has 5 heteroatoms. The fourth-order valence-electron chi connectivity index (χ4n) is 2.13. The van der Waals surface area contributed by atoms with Crippen LogP contribution in [0.15, 0.2) is 59.8 Å². The molecule has 108 valence electrons. The van der Waals surface area contributed by atoms with Crippen molar-refractivity contribution in [2.24, 2.45) is 5.18 Å². The average Bonchev–Trinajstić information content (AvgIpc) is 2.56. The van der Waals surface area contributed by atoms with E-state index in [4.69, 9.17) is 5.21 Å². The number of carbonyl (C=O) groups is 1. The van der Waals surface area contributed by atoms with E-state index in [9.17, 15) is 9.70 Å². The molecule has 21 heavy (non-hydrogen) atoms. The van der Waals surface area contributed by atoms with Crippen molar-refractivity contribution >= 4 is 5.91 Å². The standard InChI is InChI=1S/C16H16N2O3/c19-16(18-21)11-10-15(17-20)14-8-6-13(7-9-14)12-4-2-1-3-5-12/h1-9,15,21H,10-11H2,(H,18,19). The van der Waals surface area contributed by atoms with Gasteiger partial charge in [-0.2, -0.15) is 4.91 Å². The minimum absolute atomic E-state index is 0.0490. The summed E-state index contributed by atoms with van der Waals surface area (Å²) in [6.07, 6.45) is 0.313. The lowest BCUT2D eigenvalue weighted by atomic mass is 9.99. The van der Waals surface area contributed by atoms with Gasteiger partial charge in [0.05, 0.1) is 0 Å². The van der Waals surface area contributed by atoms with Gasteiger partial charge in [-0.25, -0.2) is 5.48 Å². The maximum atomic E-state index is 11.0. The molecule has 0 heterocycles. The summed E-state index contributed by atoms with van der Waals surface area (Å²) in [5.41, 5.74) is 4.45. The third kappa shape index (κ3) is 3.97. The number of nitrogens with one attached hydrogen (secondary N) is 1. The highest BCUT2D eigenvalue weighted by atomic mass is 16.5. The smallest absolute Gasteiger partial charge is 0.243 e. The molecule has 0 aliphatic rings. The van der Waals surface area contributed by atoms with Crippen molar-refractivity contribution in [2.45, 2.75) is 18.9 Å². The first-order valence-electron chi connectivity index (χ1n) is 6.65. The van der Waals surface area contributed by atoms with Crippen LogP contribution in [0.25, 0.3) is 11.1 Å². The molecule has 0 radical (unpaired) electrons. The Labute approximate surface area is 122 Å². The van der Waals surface area contributed by atoms with Crippen LogP contribution in [0, 0.1) is 4.91 Å². The van der Waals surface area contributed by atoms with Crippen molar-refractivity contribution in [2.75, 3.05) is 0 Å². The first kappa shape index (κ1) is 14.9. The number of hydrogen-bond acceptors (Lipinski definition) is 4. The fraction of sp³-hybridized carbons (Fsp3) is 0.188. The van der Waals surface area contributed by atoms with Crippen LogP contribution in [0.3, 0.4) is 0 Å². The Morgan fingerprint density at radius 1 is 1.05 bits per heavy atom. The molecule has 0 aliphatic carbocycles. The number of carbonyl (C=O) groups excluding carboxylic acids is 1. The van der Waals surface area contributed by atoms with Gasteiger partial charge in [-0.1, -0.05) is 59.8 Å². The molecule has 1 amide bonds. The minimum Gasteiger partial charge on any atom is -0.289 e. The highest BCUT2D eigenvalue weighted by Crippen LogP contribution is 2.26. The first-order chi connectivity index (χ1) is 10.2. The second kappa shape index (κ2) is 7.31. The summed E-state index contributed by atoms with van der Waals surface area (Å²) in [4.78, 5) is 21.9. The van der Waals surface area contributed by atoms with Crippen molar-refractivity contribution < 1.29 is 10.0 Å². The van der Waals surface area contributed by atoms with E-state index >= 15 is 0 Å². The van der Waals surface area contributed by atoms with Gasteiger partial charge >= 0.3 is 0 Å². The summed E-state index contributed by atoms with van der Waals surface area (Å²) in [6, 6.07) is 16.8. The lowest BCUT2D eigenvalue weighted by Gasteiger charge is -2.10. The maximum Gasteiger partial charge on any atom is 0.243 e. The molecule has 0 saturated carbocycles. The highest BCUT2D eigenvalue weighted by molar-refractivity contribution is 5.74. The van der Waals surface area contributed by atoms with Crippen LogP contribution in [0.1, 0.15) is 24.4 Å². The van der Waals surface area contributed by atoms with Crippen LogP contribution < -0.4 is 5.48 Å². The van der Waals surface area contributed by atoms with Gasteiger partial charge in [-0.05, 0) is 23.1 Å². The maximum absolute atomic E-state index is 11.0. The Bertz CT molecular complexity index is 597. The Morgan fingerprint density at radius 3 is 2.24 bits per heavy atom. The normalized spacial score (nSPS) is 11.7. The summed E-state index contributed by atoms with van der Waals surface area (Å²) in [5.74, 6) is -0.524. The number of nitrogens with zero attached hydrogens (tertiary/aromatic N) is 1. The Kier molecular flexibility index (Phi) is 5.17. The third-order valence-corrected chi connectivity index (χ3v) is 3.30. The minimum atomic E-state index is -0.591. The molecule has 1 atom stereocenters. The van der Waals surface area contributed by atoms with Crippen molar-refractivity contribution in [3.8, 4) is 11.1 Å². The molecule has 2 aromatic carbocycles. The Morgan fingerprint density at radius 2 is 1.67 bits per heavy atom. The summed E-state index contributed by atoms with van der Waals surface area (Å²) in [7, 11) is 0. The summed E-state index contributed by atoms with van der Waals surface area (Å²) >= 11 is 0. The van der Waals surface area contributed by atoms with Gasteiger partial charge in [-0.3, -0.25) is 10.0 Å². The van der Waals surface area contributed by atoms with Crippen molar-refractivity contribution in [3.63, 3.8) is 0 Å². The largest absolute Gasteiger partial charge is 0.289 e. The van der Waals surface area contributed by atoms with Gasteiger partial charge in [0.25, 0.3) is 0 Å². The Balaban J connectivity index is 2.10. The Hall–Kier alpha value is -2.53. The predicted octanol–water partition coefficient (Wildman–Crippen LogP) is 3.45. The molecule has 5 nitrogen and oxygen atoms in total. The SMILES string of the molecule is O=NC(CCC(=O)NO)c1ccc(-c2ccccc2)cc1. The van der Waals surface area contributed by atoms with Gasteiger partial charge < -0.3 is 0 Å². The zero-order valence-electron chi connectivity index (χ0n) is 11.4. The quantitative estimate of drug-likeness (QED) is 0.484. The number of amides is 1. The van der Waals surface area contributed by atoms with Crippen LogP contribution >= 0.6 is 0 Å². The van der Waals surface area contributed by atoms with Crippen LogP contribution in [0.2, 0.25) is 0 Å². The molecule has 0 spiro atoms. The van der Waals surface area contributed by atoms with E-state index in [0.29, 0.717) is 0 Å². The van der Waals surface area contributed by atoms with E-state index in [2.05, 4.69) is 5.18 Å². The molecule has 2 rings (SSSR count). The molecule has 2 aromatic rings. The summed E-state index contributed by atoms with van der Waals surface area (Å²) < 4.78 is 0. The second-order valence-electron chi connectivity index (χ2n) is 4.68. The average molecular weight is 284 g/mol. The predicted molar refractivity (Wildman–Crippen MR) is 79.6 cm³/mol. The number of hydroxylamine groups is 1. The van der Waals surface area contributed by atoms with E-state index < -0.39 is 11.9 Å². The van der Waals surface area contributed by atoms with E-state index in [1.807, 2.05) is 54.6 Å². The fourth-order valence-corrected chi connectivity index (χ4v) is 2.13. The highest BCUT2D eigenvalue weighted by Gasteiger charge is 2.14. The van der Waals surface area contributed by atoms with Gasteiger partial charge in [-0.15, -0.1) is 0 Å². The molecule has 2 N–H and O–H groups in total. The van der Waals surface area contributed by atoms with Gasteiger partial charge in [0.2, 0.25) is 5.91 Å². The van der Waals surface area contributed by atoms with Crippen LogP contribution in [-0.2, 0) is 4.79 Å². The number of benzene rings is 2. The molecular weight excluding hydrogens is 268 g/mol. The van der Waals surface area contributed by atoms with Crippen LogP contribution in [-0.4, -0.2) is 11.1 Å². The van der Waals surface area contributed by atoms with Crippen LogP contribution in [0.5, 0.6) is 0 Å². The second-order valence-corrected chi connectivity index (χ2v) is 4.68. The van der Waals surface area contributed by atoms with Crippen molar-refractivity contribution in [3.05, 3.63) is 65.1 Å². The first-order valence-corrected chi connectivity index (χ1v) is 6.65. The van der Waals surface area contributed by atoms with E-state index in [-0.39, 0.29) is 12.8 Å². The molecule has 0 aromatic heterocycles. The molecule has 1 unspecified atom stereocenters. The van der Waals surface area contributed by atoms with Crippen molar-refractivity contribution in [1.82, 2.24) is 5.48 Å². The van der Waals surface area contributed by atoms with E-state index in [1.165, 1.54) is 0 Å². The molecule has 0 aliphatic heterocycles. The lowest BCUT2D eigenvalue weighted by molar-refractivity contribution is -0.129. The van der Waals surface area contributed by atoms with E-state index in [0.717, 1.165) is 16.7 Å². The van der Waals surface area contributed by atoms with Crippen LogP contribution in [0.4, 0.5) is 0 Å². The molecule has 0 saturated heterocycles. The van der Waals surface area contributed by atoms with Crippen molar-refractivity contribution in [1.29, 1.82) is 0 Å².